The molecule has 2 aliphatic heterocycles. The highest BCUT2D eigenvalue weighted by Crippen LogP contribution is 2.43. The molecular weight excluding hydrogens is 498 g/mol. The van der Waals surface area contributed by atoms with Crippen LogP contribution in [0.25, 0.3) is 22.3 Å². The van der Waals surface area contributed by atoms with Crippen molar-refractivity contribution in [2.24, 2.45) is 5.41 Å². The lowest BCUT2D eigenvalue weighted by Crippen LogP contribution is -2.28. The van der Waals surface area contributed by atoms with Gasteiger partial charge in [0, 0.05) is 16.5 Å². The third-order valence-electron chi connectivity index (χ3n) is 6.84. The predicted molar refractivity (Wildman–Crippen MR) is 144 cm³/mol. The molecule has 0 saturated carbocycles. The maximum Gasteiger partial charge on any atom is 0.346 e. The number of hydrogen-bond acceptors (Lipinski definition) is 7. The highest BCUT2D eigenvalue weighted by atomic mass is 16.6. The van der Waals surface area contributed by atoms with Gasteiger partial charge in [-0.2, -0.15) is 0 Å². The number of carbonyl (C=O) groups is 5. The molecule has 5 rings (SSSR count). The van der Waals surface area contributed by atoms with Crippen molar-refractivity contribution in [3.63, 3.8) is 0 Å². The van der Waals surface area contributed by atoms with Crippen molar-refractivity contribution in [3.05, 3.63) is 76.3 Å². The number of carbonyl (C=O) groups excluding carboxylic acids is 5. The van der Waals surface area contributed by atoms with Gasteiger partial charge in [-0.25, -0.2) is 19.2 Å². The molecule has 0 aliphatic carbocycles. The van der Waals surface area contributed by atoms with E-state index >= 15 is 0 Å². The minimum atomic E-state index is -0.737. The molecular formula is C31H27NO7. The summed E-state index contributed by atoms with van der Waals surface area (Å²) in [6.07, 6.45) is 0. The van der Waals surface area contributed by atoms with E-state index in [0.717, 1.165) is 5.56 Å². The summed E-state index contributed by atoms with van der Waals surface area (Å²) in [5.41, 5.74) is 3.37. The van der Waals surface area contributed by atoms with Gasteiger partial charge in [0.15, 0.2) is 0 Å². The number of fused-ring (bicyclic) bond motifs is 2. The van der Waals surface area contributed by atoms with Crippen LogP contribution in [0.3, 0.4) is 0 Å². The molecule has 0 atom stereocenters. The lowest BCUT2D eigenvalue weighted by molar-refractivity contribution is -0.123. The van der Waals surface area contributed by atoms with Crippen molar-refractivity contribution in [1.29, 1.82) is 0 Å². The largest absolute Gasteiger partial charge is 0.386 e. The Morgan fingerprint density at radius 3 is 1.38 bits per heavy atom. The Hall–Kier alpha value is -4.59. The average Bonchev–Trinajstić information content (AvgIpc) is 3.30. The Labute approximate surface area is 225 Å². The van der Waals surface area contributed by atoms with Crippen molar-refractivity contribution in [1.82, 2.24) is 0 Å². The maximum atomic E-state index is 13.3. The second-order valence-electron chi connectivity index (χ2n) is 11.8. The number of cyclic esters (lactones) is 4. The monoisotopic (exact) mass is 525 g/mol. The Morgan fingerprint density at radius 1 is 0.590 bits per heavy atom. The molecule has 1 amide bonds. The zero-order valence-electron chi connectivity index (χ0n) is 22.5. The Balaban J connectivity index is 1.81. The second kappa shape index (κ2) is 8.73. The van der Waals surface area contributed by atoms with Crippen LogP contribution in [-0.4, -0.2) is 29.8 Å². The molecule has 0 spiro atoms. The predicted octanol–water partition coefficient (Wildman–Crippen LogP) is 5.92. The van der Waals surface area contributed by atoms with Crippen LogP contribution in [0, 0.1) is 5.41 Å². The van der Waals surface area contributed by atoms with E-state index < -0.39 is 29.3 Å². The molecule has 2 heterocycles. The van der Waals surface area contributed by atoms with Gasteiger partial charge in [-0.3, -0.25) is 4.79 Å². The average molecular weight is 526 g/mol. The Morgan fingerprint density at radius 2 is 1.00 bits per heavy atom. The first-order valence-electron chi connectivity index (χ1n) is 12.5. The molecule has 0 radical (unpaired) electrons. The van der Waals surface area contributed by atoms with Crippen LogP contribution < -0.4 is 5.32 Å². The smallest absolute Gasteiger partial charge is 0.346 e. The van der Waals surface area contributed by atoms with Crippen molar-refractivity contribution < 1.29 is 33.4 Å². The van der Waals surface area contributed by atoms with Gasteiger partial charge in [-0.15, -0.1) is 0 Å². The fraction of sp³-hybridized carbons (Fsp3) is 0.258. The Kier molecular flexibility index (Phi) is 5.83. The molecule has 39 heavy (non-hydrogen) atoms. The quantitative estimate of drug-likeness (QED) is 0.333. The lowest BCUT2D eigenvalue weighted by Gasteiger charge is -2.26. The van der Waals surface area contributed by atoms with Crippen LogP contribution >= 0.6 is 0 Å². The molecule has 8 nitrogen and oxygen atoms in total. The number of hydrogen-bond donors (Lipinski definition) is 1. The van der Waals surface area contributed by atoms with E-state index in [9.17, 15) is 24.0 Å². The third kappa shape index (κ3) is 4.52. The number of amides is 1. The fourth-order valence-electron chi connectivity index (χ4n) is 4.47. The number of ether oxygens (including phenoxy) is 2. The van der Waals surface area contributed by atoms with Gasteiger partial charge in [-0.05, 0) is 58.5 Å². The van der Waals surface area contributed by atoms with Crippen LogP contribution in [-0.2, 0) is 19.7 Å². The molecule has 1 N–H and O–H groups in total. The van der Waals surface area contributed by atoms with E-state index in [1.165, 1.54) is 12.1 Å². The van der Waals surface area contributed by atoms with Gasteiger partial charge < -0.3 is 14.8 Å². The molecule has 8 heteroatoms. The van der Waals surface area contributed by atoms with Gasteiger partial charge >= 0.3 is 23.9 Å². The Bertz CT molecular complexity index is 1540. The van der Waals surface area contributed by atoms with Gasteiger partial charge in [0.2, 0.25) is 5.91 Å². The molecule has 3 aromatic rings. The fourth-order valence-corrected chi connectivity index (χ4v) is 4.47. The zero-order chi connectivity index (χ0) is 28.4. The lowest BCUT2D eigenvalue weighted by atomic mass is 9.81. The van der Waals surface area contributed by atoms with E-state index in [-0.39, 0.29) is 33.6 Å². The van der Waals surface area contributed by atoms with Crippen molar-refractivity contribution in [2.45, 2.75) is 47.0 Å². The van der Waals surface area contributed by atoms with Crippen molar-refractivity contribution in [2.75, 3.05) is 5.32 Å². The molecule has 198 valence electrons. The molecule has 0 unspecified atom stereocenters. The molecule has 0 bridgehead atoms. The first kappa shape index (κ1) is 26.0. The van der Waals surface area contributed by atoms with Crippen LogP contribution in [0.1, 0.15) is 88.5 Å². The second-order valence-corrected chi connectivity index (χ2v) is 11.8. The highest BCUT2D eigenvalue weighted by molar-refractivity contribution is 6.16. The summed E-state index contributed by atoms with van der Waals surface area (Å²) < 4.78 is 9.55. The summed E-state index contributed by atoms with van der Waals surface area (Å²) in [6.45, 7) is 11.5. The molecule has 3 aromatic carbocycles. The summed E-state index contributed by atoms with van der Waals surface area (Å²) in [4.78, 5) is 62.1. The van der Waals surface area contributed by atoms with Crippen molar-refractivity contribution in [3.8, 4) is 22.3 Å². The van der Waals surface area contributed by atoms with Gasteiger partial charge in [-0.1, -0.05) is 53.7 Å². The molecule has 0 fully saturated rings. The summed E-state index contributed by atoms with van der Waals surface area (Å²) in [5, 5.41) is 3.06. The first-order valence-corrected chi connectivity index (χ1v) is 12.5. The van der Waals surface area contributed by atoms with Crippen molar-refractivity contribution >= 4 is 35.5 Å². The topological polar surface area (TPSA) is 116 Å². The molecule has 0 aromatic heterocycles. The summed E-state index contributed by atoms with van der Waals surface area (Å²) in [5.74, 6) is -3.12. The summed E-state index contributed by atoms with van der Waals surface area (Å²) in [6, 6.07) is 13.5. The van der Waals surface area contributed by atoms with Crippen LogP contribution in [0.2, 0.25) is 0 Å². The number of anilines is 1. The molecule has 0 saturated heterocycles. The minimum absolute atomic E-state index is 0.145. The maximum absolute atomic E-state index is 13.3. The van der Waals surface area contributed by atoms with E-state index in [1.807, 2.05) is 32.9 Å². The zero-order valence-corrected chi connectivity index (χ0v) is 22.5. The van der Waals surface area contributed by atoms with Crippen LogP contribution in [0.4, 0.5) is 5.69 Å². The minimum Gasteiger partial charge on any atom is -0.386 e. The van der Waals surface area contributed by atoms with Gasteiger partial charge in [0.05, 0.1) is 27.9 Å². The summed E-state index contributed by atoms with van der Waals surface area (Å²) >= 11 is 0. The van der Waals surface area contributed by atoms with E-state index in [2.05, 4.69) is 5.32 Å². The van der Waals surface area contributed by atoms with E-state index in [1.54, 1.807) is 45.0 Å². The number of nitrogens with one attached hydrogen (secondary N) is 1. The van der Waals surface area contributed by atoms with E-state index in [0.29, 0.717) is 27.9 Å². The SMILES string of the molecule is CC(C)(C)C(=O)Nc1c(-c2ccc3c(c2)C(=O)OC3=O)cc(C(C)(C)C)cc1-c1ccc2c(c1)C(=O)OC2=O. The van der Waals surface area contributed by atoms with Gasteiger partial charge in [0.25, 0.3) is 0 Å². The number of rotatable bonds is 3. The van der Waals surface area contributed by atoms with Crippen LogP contribution in [0.5, 0.6) is 0 Å². The normalized spacial score (nSPS) is 14.6. The van der Waals surface area contributed by atoms with Crippen LogP contribution in [0.15, 0.2) is 48.5 Å². The number of esters is 4. The van der Waals surface area contributed by atoms with Gasteiger partial charge in [0.1, 0.15) is 0 Å². The van der Waals surface area contributed by atoms with E-state index in [4.69, 9.17) is 9.47 Å². The molecule has 2 aliphatic rings. The number of benzene rings is 3. The first-order chi connectivity index (χ1) is 18.1. The summed E-state index contributed by atoms with van der Waals surface area (Å²) in [7, 11) is 0. The standard InChI is InChI=1S/C31H27NO7/c1-30(2,3)17-13-20(15-7-9-18-22(11-15)27(35)38-25(18)33)24(32-29(37)31(4,5)6)21(14-17)16-8-10-19-23(12-16)28(36)39-26(19)34/h7-14H,1-6H3,(H,32,37). The third-order valence-corrected chi connectivity index (χ3v) is 6.84. The highest BCUT2D eigenvalue weighted by Gasteiger charge is 2.33.